The van der Waals surface area contributed by atoms with Gasteiger partial charge in [-0.05, 0) is 40.7 Å². The first-order chi connectivity index (χ1) is 12.9. The van der Waals surface area contributed by atoms with Crippen molar-refractivity contribution in [1.82, 2.24) is 5.06 Å². The van der Waals surface area contributed by atoms with Gasteiger partial charge in [-0.1, -0.05) is 72.3 Å². The first-order valence-electron chi connectivity index (χ1n) is 9.11. The molecule has 1 aliphatic carbocycles. The van der Waals surface area contributed by atoms with Crippen LogP contribution in [0.4, 0.5) is 0 Å². The van der Waals surface area contributed by atoms with Crippen molar-refractivity contribution in [1.29, 1.82) is 0 Å². The zero-order valence-corrected chi connectivity index (χ0v) is 14.9. The summed E-state index contributed by atoms with van der Waals surface area (Å²) < 4.78 is 0. The van der Waals surface area contributed by atoms with Crippen LogP contribution in [0.25, 0.3) is 17.7 Å². The van der Waals surface area contributed by atoms with Crippen LogP contribution in [0.15, 0.2) is 66.8 Å². The number of benzene rings is 2. The fourth-order valence-corrected chi connectivity index (χ4v) is 3.68. The van der Waals surface area contributed by atoms with Gasteiger partial charge in [-0.15, -0.1) is 11.6 Å². The summed E-state index contributed by atoms with van der Waals surface area (Å²) in [7, 11) is 0. The standard InChI is InChI=1S/C23H23NO2/c1-2-17-25-26-24-15-13-20(14-16-24)23-21-9-5-3-7-18(21)11-12-19-8-4-6-10-22(19)23/h2-12H,1,13-17H2. The molecular weight excluding hydrogens is 322 g/mol. The van der Waals surface area contributed by atoms with E-state index in [2.05, 4.69) is 67.3 Å². The predicted octanol–water partition coefficient (Wildman–Crippen LogP) is 5.12. The third-order valence-electron chi connectivity index (χ3n) is 4.93. The number of fused-ring (bicyclic) bond motifs is 2. The van der Waals surface area contributed by atoms with Gasteiger partial charge in [0, 0.05) is 13.1 Å². The largest absolute Gasteiger partial charge is 0.214 e. The summed E-state index contributed by atoms with van der Waals surface area (Å²) >= 11 is 0. The Kier molecular flexibility index (Phi) is 5.12. The van der Waals surface area contributed by atoms with Crippen molar-refractivity contribution in [2.24, 2.45) is 0 Å². The van der Waals surface area contributed by atoms with Gasteiger partial charge in [0.15, 0.2) is 0 Å². The topological polar surface area (TPSA) is 21.7 Å². The number of hydroxylamine groups is 2. The Morgan fingerprint density at radius 2 is 1.46 bits per heavy atom. The van der Waals surface area contributed by atoms with Crippen molar-refractivity contribution in [3.63, 3.8) is 0 Å². The quantitative estimate of drug-likeness (QED) is 0.284. The molecule has 0 saturated carbocycles. The van der Waals surface area contributed by atoms with Crippen LogP contribution in [0.1, 0.15) is 35.1 Å². The summed E-state index contributed by atoms with van der Waals surface area (Å²) in [6.07, 6.45) is 8.07. The van der Waals surface area contributed by atoms with Gasteiger partial charge < -0.3 is 0 Å². The minimum atomic E-state index is 0.400. The zero-order chi connectivity index (χ0) is 17.8. The summed E-state index contributed by atoms with van der Waals surface area (Å²) in [5.41, 5.74) is 8.06. The van der Waals surface area contributed by atoms with Gasteiger partial charge in [0.25, 0.3) is 0 Å². The van der Waals surface area contributed by atoms with E-state index in [1.54, 1.807) is 6.08 Å². The molecule has 0 radical (unpaired) electrons. The summed E-state index contributed by atoms with van der Waals surface area (Å²) in [4.78, 5) is 10.5. The minimum Gasteiger partial charge on any atom is -0.214 e. The first-order valence-corrected chi connectivity index (χ1v) is 9.11. The van der Waals surface area contributed by atoms with E-state index in [0.29, 0.717) is 6.61 Å². The highest BCUT2D eigenvalue weighted by Gasteiger charge is 2.23. The maximum atomic E-state index is 5.35. The molecule has 1 aliphatic heterocycles. The molecule has 0 unspecified atom stereocenters. The van der Waals surface area contributed by atoms with Gasteiger partial charge in [-0.3, -0.25) is 0 Å². The molecule has 0 amide bonds. The van der Waals surface area contributed by atoms with Crippen molar-refractivity contribution in [3.05, 3.63) is 89.0 Å². The van der Waals surface area contributed by atoms with E-state index in [4.69, 9.17) is 9.88 Å². The lowest BCUT2D eigenvalue weighted by Crippen LogP contribution is -2.31. The molecule has 2 aromatic carbocycles. The molecule has 0 aromatic heterocycles. The highest BCUT2D eigenvalue weighted by molar-refractivity contribution is 5.94. The van der Waals surface area contributed by atoms with E-state index in [1.165, 1.54) is 33.4 Å². The SMILES string of the molecule is C=CCOON1CCC(=C2c3ccccc3C=Cc3ccccc32)CC1. The molecule has 2 aliphatic rings. The van der Waals surface area contributed by atoms with Crippen LogP contribution in [-0.2, 0) is 9.88 Å². The average Bonchev–Trinajstić information content (AvgIpc) is 2.86. The lowest BCUT2D eigenvalue weighted by atomic mass is 9.86. The van der Waals surface area contributed by atoms with E-state index in [-0.39, 0.29) is 0 Å². The van der Waals surface area contributed by atoms with Crippen molar-refractivity contribution in [2.45, 2.75) is 12.8 Å². The Balaban J connectivity index is 1.69. The Morgan fingerprint density at radius 1 is 0.885 bits per heavy atom. The summed E-state index contributed by atoms with van der Waals surface area (Å²) in [6, 6.07) is 17.3. The van der Waals surface area contributed by atoms with Crippen LogP contribution < -0.4 is 0 Å². The molecule has 1 heterocycles. The number of hydrogen-bond donors (Lipinski definition) is 0. The van der Waals surface area contributed by atoms with Gasteiger partial charge >= 0.3 is 0 Å². The smallest absolute Gasteiger partial charge is 0.102 e. The molecule has 0 N–H and O–H groups in total. The molecule has 3 heteroatoms. The van der Waals surface area contributed by atoms with Gasteiger partial charge in [0.05, 0.1) is 0 Å². The fourth-order valence-electron chi connectivity index (χ4n) is 3.68. The Hall–Kier alpha value is -2.46. The molecule has 3 nitrogen and oxygen atoms in total. The van der Waals surface area contributed by atoms with E-state index in [9.17, 15) is 0 Å². The summed E-state index contributed by atoms with van der Waals surface area (Å²) in [6.45, 7) is 5.69. The van der Waals surface area contributed by atoms with Crippen LogP contribution in [0, 0.1) is 0 Å². The first kappa shape index (κ1) is 17.0. The van der Waals surface area contributed by atoms with Crippen LogP contribution in [-0.4, -0.2) is 24.8 Å². The Labute approximate surface area is 154 Å². The van der Waals surface area contributed by atoms with Gasteiger partial charge in [0.2, 0.25) is 0 Å². The molecule has 132 valence electrons. The molecule has 1 saturated heterocycles. The molecule has 2 aromatic rings. The second-order valence-electron chi connectivity index (χ2n) is 6.56. The summed E-state index contributed by atoms with van der Waals surface area (Å²) in [5, 5.41) is 1.89. The number of nitrogens with zero attached hydrogens (tertiary/aromatic N) is 1. The normalized spacial score (nSPS) is 16.8. The van der Waals surface area contributed by atoms with Gasteiger partial charge in [-0.2, -0.15) is 5.06 Å². The average molecular weight is 345 g/mol. The number of piperidine rings is 1. The maximum absolute atomic E-state index is 5.35. The fraction of sp³-hybridized carbons (Fsp3) is 0.217. The monoisotopic (exact) mass is 345 g/mol. The maximum Gasteiger partial charge on any atom is 0.102 e. The number of hydrogen-bond acceptors (Lipinski definition) is 3. The lowest BCUT2D eigenvalue weighted by molar-refractivity contribution is -0.423. The predicted molar refractivity (Wildman–Crippen MR) is 106 cm³/mol. The lowest BCUT2D eigenvalue weighted by Gasteiger charge is -2.28. The Bertz CT molecular complexity index is 805. The molecule has 0 atom stereocenters. The molecular formula is C23H23NO2. The van der Waals surface area contributed by atoms with Crippen molar-refractivity contribution in [2.75, 3.05) is 19.7 Å². The third kappa shape index (κ3) is 3.42. The molecule has 26 heavy (non-hydrogen) atoms. The van der Waals surface area contributed by atoms with E-state index in [0.717, 1.165) is 25.9 Å². The highest BCUT2D eigenvalue weighted by atomic mass is 17.3. The molecule has 0 spiro atoms. The van der Waals surface area contributed by atoms with E-state index in [1.807, 2.05) is 5.06 Å². The van der Waals surface area contributed by atoms with Crippen molar-refractivity contribution >= 4 is 17.7 Å². The summed E-state index contributed by atoms with van der Waals surface area (Å²) in [5.74, 6) is 0. The zero-order valence-electron chi connectivity index (χ0n) is 14.9. The van der Waals surface area contributed by atoms with Crippen molar-refractivity contribution < 1.29 is 9.88 Å². The molecule has 4 rings (SSSR count). The molecule has 1 fully saturated rings. The van der Waals surface area contributed by atoms with Crippen LogP contribution in [0.5, 0.6) is 0 Å². The van der Waals surface area contributed by atoms with Crippen LogP contribution >= 0.6 is 0 Å². The molecule has 0 bridgehead atoms. The second-order valence-corrected chi connectivity index (χ2v) is 6.56. The van der Waals surface area contributed by atoms with Crippen LogP contribution in [0.3, 0.4) is 0 Å². The third-order valence-corrected chi connectivity index (χ3v) is 4.93. The van der Waals surface area contributed by atoms with Crippen LogP contribution in [0.2, 0.25) is 0 Å². The van der Waals surface area contributed by atoms with E-state index < -0.39 is 0 Å². The van der Waals surface area contributed by atoms with E-state index >= 15 is 0 Å². The van der Waals surface area contributed by atoms with Crippen molar-refractivity contribution in [3.8, 4) is 0 Å². The minimum absolute atomic E-state index is 0.400. The second kappa shape index (κ2) is 7.83. The van der Waals surface area contributed by atoms with Gasteiger partial charge in [0.1, 0.15) is 6.61 Å². The number of rotatable bonds is 4. The Morgan fingerprint density at radius 3 is 2.04 bits per heavy atom. The highest BCUT2D eigenvalue weighted by Crippen LogP contribution is 2.38. The van der Waals surface area contributed by atoms with Gasteiger partial charge in [-0.25, -0.2) is 4.89 Å².